The van der Waals surface area contributed by atoms with E-state index in [1.165, 1.54) is 0 Å². The number of unbranched alkanes of at least 4 members (excludes halogenated alkanes) is 2. The summed E-state index contributed by atoms with van der Waals surface area (Å²) in [6, 6.07) is 0. The summed E-state index contributed by atoms with van der Waals surface area (Å²) in [6.45, 7) is 25.3. The number of aliphatic hydroxyl groups is 1. The molecule has 0 aliphatic carbocycles. The smallest absolute Gasteiger partial charge is 0.220 e. The zero-order chi connectivity index (χ0) is 36.7. The van der Waals surface area contributed by atoms with Gasteiger partial charge >= 0.3 is 0 Å². The highest BCUT2D eigenvalue weighted by Crippen LogP contribution is 2.34. The molecule has 0 bridgehead atoms. The number of hydrogen-bond donors (Lipinski definition) is 6. The van der Waals surface area contributed by atoms with Gasteiger partial charge in [0.1, 0.15) is 24.7 Å². The lowest BCUT2D eigenvalue weighted by molar-refractivity contribution is -0.970. The van der Waals surface area contributed by atoms with E-state index in [4.69, 9.17) is 0 Å². The van der Waals surface area contributed by atoms with Crippen LogP contribution in [0.2, 0.25) is 0 Å². The summed E-state index contributed by atoms with van der Waals surface area (Å²) in [6.07, 6.45) is 4.18. The van der Waals surface area contributed by atoms with E-state index in [0.717, 1.165) is 43.6 Å². The molecule has 48 heavy (non-hydrogen) atoms. The van der Waals surface area contributed by atoms with Gasteiger partial charge in [0.15, 0.2) is 6.10 Å². The van der Waals surface area contributed by atoms with Gasteiger partial charge < -0.3 is 36.2 Å². The molecule has 1 heterocycles. The van der Waals surface area contributed by atoms with E-state index in [-0.39, 0.29) is 40.4 Å². The molecule has 0 aromatic rings. The number of quaternary nitrogens is 1. The summed E-state index contributed by atoms with van der Waals surface area (Å²) >= 11 is 0. The summed E-state index contributed by atoms with van der Waals surface area (Å²) in [7, 11) is 2.76. The number of nitrogens with zero attached hydrogens (tertiary/aromatic N) is 1. The molecule has 2 amide bonds. The van der Waals surface area contributed by atoms with Crippen LogP contribution in [0.5, 0.6) is 0 Å². The first-order chi connectivity index (χ1) is 22.1. The number of Topliss-reactive ketones (excluding diaryl/α,β-unsaturated/α-hetero) is 2. The van der Waals surface area contributed by atoms with Gasteiger partial charge in [-0.1, -0.05) is 20.8 Å². The molecule has 0 saturated carbocycles. The van der Waals surface area contributed by atoms with Crippen LogP contribution in [0, 0.1) is 5.41 Å². The van der Waals surface area contributed by atoms with Crippen molar-refractivity contribution < 1.29 is 28.8 Å². The van der Waals surface area contributed by atoms with Crippen LogP contribution in [-0.4, -0.2) is 121 Å². The van der Waals surface area contributed by atoms with Gasteiger partial charge in [0.05, 0.1) is 24.8 Å². The average Bonchev–Trinajstić information content (AvgIpc) is 2.94. The highest BCUT2D eigenvalue weighted by molar-refractivity contribution is 7.21. The number of ketones is 2. The lowest BCUT2D eigenvalue weighted by atomic mass is 9.82. The Morgan fingerprint density at radius 3 is 1.65 bits per heavy atom. The molecule has 11 nitrogen and oxygen atoms in total. The molecule has 6 N–H and O–H groups in total. The van der Waals surface area contributed by atoms with Gasteiger partial charge in [-0.3, -0.25) is 19.2 Å². The first kappa shape index (κ1) is 44.5. The third kappa shape index (κ3) is 17.4. The minimum atomic E-state index is -0.687. The topological polar surface area (TPSA) is 149 Å². The Labute approximate surface area is 294 Å². The molecule has 12 heteroatoms. The van der Waals surface area contributed by atoms with Crippen molar-refractivity contribution in [1.29, 1.82) is 0 Å². The Morgan fingerprint density at radius 2 is 1.12 bits per heavy atom. The van der Waals surface area contributed by atoms with Crippen molar-refractivity contribution >= 4 is 32.6 Å². The highest BCUT2D eigenvalue weighted by Gasteiger charge is 2.45. The standard InChI is InChI=1S/C36H71N6O5P/c1-33(2,3)29(44)14-10-12-17-32(47)39-22-24-42(26-28(43)27-42)25-23-41-35(7,8)36(9,48)30(45)15-11-13-16-31(46)38-20-18-37-19-21-40-34(4,5)6/h28,37,40-41,43H,10-27,48H2,1-9H3,(H-,38,39,46,47)/p+1. The maximum atomic E-state index is 13.3. The van der Waals surface area contributed by atoms with Gasteiger partial charge in [0.2, 0.25) is 11.8 Å². The van der Waals surface area contributed by atoms with Crippen LogP contribution in [-0.2, 0) is 19.2 Å². The monoisotopic (exact) mass is 700 g/mol. The summed E-state index contributed by atoms with van der Waals surface area (Å²) in [5, 5.41) is 25.7. The van der Waals surface area contributed by atoms with Crippen LogP contribution in [0.15, 0.2) is 0 Å². The first-order valence-corrected chi connectivity index (χ1v) is 18.8. The maximum absolute atomic E-state index is 13.3. The third-order valence-corrected chi connectivity index (χ3v) is 10.7. The molecule has 1 aliphatic heterocycles. The predicted molar refractivity (Wildman–Crippen MR) is 199 cm³/mol. The fraction of sp³-hybridized carbons (Fsp3) is 0.889. The molecule has 0 spiro atoms. The van der Waals surface area contributed by atoms with Crippen molar-refractivity contribution in [3.05, 3.63) is 0 Å². The number of amides is 2. The molecule has 2 atom stereocenters. The SMILES string of the molecule is CC(C)(C)NCCNCCNC(=O)CCCCC(=O)C(C)(P)C(C)(C)NCC[N+]1(CCNC(=O)CCCCC(=O)C(C)(C)C)CC(O)C1. The molecule has 1 rings (SSSR count). The number of likely N-dealkylation sites (tertiary alicyclic amines) is 1. The second-order valence-electron chi connectivity index (χ2n) is 16.7. The Bertz CT molecular complexity index is 1020. The molecule has 1 aliphatic rings. The second-order valence-corrected chi connectivity index (χ2v) is 17.9. The van der Waals surface area contributed by atoms with Gasteiger partial charge in [-0.2, -0.15) is 0 Å². The molecule has 2 unspecified atom stereocenters. The van der Waals surface area contributed by atoms with Gasteiger partial charge in [-0.05, 0) is 67.2 Å². The van der Waals surface area contributed by atoms with Crippen molar-refractivity contribution in [3.63, 3.8) is 0 Å². The number of carbonyl (C=O) groups is 4. The summed E-state index contributed by atoms with van der Waals surface area (Å²) < 4.78 is 0.721. The zero-order valence-corrected chi connectivity index (χ0v) is 33.1. The largest absolute Gasteiger partial charge is 0.382 e. The second kappa shape index (κ2) is 20.4. The molecular weight excluding hydrogens is 627 g/mol. The lowest BCUT2D eigenvalue weighted by Crippen LogP contribution is -2.70. The Kier molecular flexibility index (Phi) is 18.9. The predicted octanol–water partition coefficient (Wildman–Crippen LogP) is 2.69. The third-order valence-electron chi connectivity index (χ3n) is 9.67. The molecule has 280 valence electrons. The minimum absolute atomic E-state index is 0.00217. The fourth-order valence-electron chi connectivity index (χ4n) is 5.78. The number of nitrogens with one attached hydrogen (secondary N) is 5. The van der Waals surface area contributed by atoms with Gasteiger partial charge in [-0.15, -0.1) is 9.24 Å². The summed E-state index contributed by atoms with van der Waals surface area (Å²) in [5.41, 5.74) is -0.724. The minimum Gasteiger partial charge on any atom is -0.382 e. The number of carbonyl (C=O) groups excluding carboxylic acids is 4. The van der Waals surface area contributed by atoms with Crippen molar-refractivity contribution in [1.82, 2.24) is 26.6 Å². The van der Waals surface area contributed by atoms with Crippen LogP contribution in [0.1, 0.15) is 114 Å². The van der Waals surface area contributed by atoms with Crippen LogP contribution >= 0.6 is 9.24 Å². The lowest BCUT2D eigenvalue weighted by Gasteiger charge is -2.49. The zero-order valence-electron chi connectivity index (χ0n) is 31.9. The van der Waals surface area contributed by atoms with Crippen molar-refractivity contribution in [2.24, 2.45) is 5.41 Å². The van der Waals surface area contributed by atoms with Gasteiger partial charge in [-0.25, -0.2) is 0 Å². The Balaban J connectivity index is 2.34. The maximum Gasteiger partial charge on any atom is 0.220 e. The van der Waals surface area contributed by atoms with Crippen molar-refractivity contribution in [2.75, 3.05) is 65.4 Å². The van der Waals surface area contributed by atoms with Gasteiger partial charge in [0, 0.05) is 74.9 Å². The van der Waals surface area contributed by atoms with E-state index >= 15 is 0 Å². The molecule has 0 aromatic carbocycles. The Hall–Kier alpha value is -1.49. The fourth-order valence-corrected chi connectivity index (χ4v) is 6.03. The van der Waals surface area contributed by atoms with E-state index in [9.17, 15) is 24.3 Å². The van der Waals surface area contributed by atoms with Crippen LogP contribution < -0.4 is 26.6 Å². The van der Waals surface area contributed by atoms with Crippen LogP contribution in [0.3, 0.4) is 0 Å². The molecule has 0 radical (unpaired) electrons. The van der Waals surface area contributed by atoms with Crippen LogP contribution in [0.4, 0.5) is 0 Å². The van der Waals surface area contributed by atoms with E-state index < -0.39 is 10.7 Å². The van der Waals surface area contributed by atoms with Gasteiger partial charge in [0.25, 0.3) is 0 Å². The van der Waals surface area contributed by atoms with Crippen LogP contribution in [0.25, 0.3) is 0 Å². The summed E-state index contributed by atoms with van der Waals surface area (Å²) in [4.78, 5) is 50.0. The molecule has 1 saturated heterocycles. The average molecular weight is 700 g/mol. The number of rotatable bonds is 25. The molecule has 1 fully saturated rings. The van der Waals surface area contributed by atoms with E-state index in [1.807, 2.05) is 41.5 Å². The Morgan fingerprint density at radius 1 is 0.646 bits per heavy atom. The summed E-state index contributed by atoms with van der Waals surface area (Å²) in [5.74, 6) is 0.393. The number of hydrogen-bond acceptors (Lipinski definition) is 8. The quantitative estimate of drug-likeness (QED) is 0.0485. The van der Waals surface area contributed by atoms with Crippen molar-refractivity contribution in [2.45, 2.75) is 136 Å². The normalized spacial score (nSPS) is 19.7. The number of aliphatic hydroxyl groups excluding tert-OH is 1. The van der Waals surface area contributed by atoms with E-state index in [2.05, 4.69) is 56.6 Å². The van der Waals surface area contributed by atoms with E-state index in [1.54, 1.807) is 0 Å². The van der Waals surface area contributed by atoms with E-state index in [0.29, 0.717) is 77.7 Å². The molecule has 0 aromatic heterocycles. The first-order valence-electron chi connectivity index (χ1n) is 18.2. The van der Waals surface area contributed by atoms with Crippen molar-refractivity contribution in [3.8, 4) is 0 Å². The molecular formula is C36H72N6O5P+. The highest BCUT2D eigenvalue weighted by atomic mass is 31.0.